The molecule has 1 N–H and O–H groups in total. The Bertz CT molecular complexity index is 561. The molecule has 20 heavy (non-hydrogen) atoms. The van der Waals surface area contributed by atoms with Gasteiger partial charge < -0.3 is 14.6 Å². The van der Waals surface area contributed by atoms with Gasteiger partial charge in [0.05, 0.1) is 10.4 Å². The number of hydrogen-bond acceptors (Lipinski definition) is 3. The van der Waals surface area contributed by atoms with Gasteiger partial charge in [-0.05, 0) is 37.0 Å². The van der Waals surface area contributed by atoms with Gasteiger partial charge in [0.2, 0.25) is 0 Å². The molecule has 0 saturated heterocycles. The van der Waals surface area contributed by atoms with Gasteiger partial charge in [-0.25, -0.2) is 0 Å². The Morgan fingerprint density at radius 1 is 1.25 bits per heavy atom. The minimum Gasteiger partial charge on any atom is -0.486 e. The van der Waals surface area contributed by atoms with Crippen molar-refractivity contribution in [1.82, 2.24) is 0 Å². The Morgan fingerprint density at radius 2 is 1.85 bits per heavy atom. The molecule has 108 valence electrons. The first-order valence-electron chi connectivity index (χ1n) is 6.89. The van der Waals surface area contributed by atoms with Crippen molar-refractivity contribution in [3.05, 3.63) is 22.2 Å². The van der Waals surface area contributed by atoms with Crippen LogP contribution in [0.3, 0.4) is 0 Å². The topological polar surface area (TPSA) is 55.8 Å². The smallest absolute Gasteiger partial charge is 0.314 e. The summed E-state index contributed by atoms with van der Waals surface area (Å²) in [6.45, 7) is 2.82. The van der Waals surface area contributed by atoms with E-state index in [-0.39, 0.29) is 0 Å². The molecular weight excluding hydrogens is 280 g/mol. The number of carbonyl (C=O) groups is 1. The number of carboxylic acid groups (broad SMARTS) is 1. The molecule has 0 radical (unpaired) electrons. The molecule has 1 heterocycles. The SMILES string of the molecule is Cc1c(C2(C(=O)O)CCCC2)cc(Cl)c2c1OCCO2. The van der Waals surface area contributed by atoms with Gasteiger partial charge >= 0.3 is 5.97 Å². The van der Waals surface area contributed by atoms with Crippen molar-refractivity contribution in [2.45, 2.75) is 38.0 Å². The monoisotopic (exact) mass is 296 g/mol. The van der Waals surface area contributed by atoms with E-state index in [2.05, 4.69) is 0 Å². The molecule has 0 unspecified atom stereocenters. The number of rotatable bonds is 2. The summed E-state index contributed by atoms with van der Waals surface area (Å²) in [5.74, 6) is 0.370. The summed E-state index contributed by atoms with van der Waals surface area (Å²) in [6, 6.07) is 1.75. The first-order chi connectivity index (χ1) is 9.56. The van der Waals surface area contributed by atoms with Crippen LogP contribution in [0.25, 0.3) is 0 Å². The summed E-state index contributed by atoms with van der Waals surface area (Å²) < 4.78 is 11.2. The van der Waals surface area contributed by atoms with E-state index in [4.69, 9.17) is 21.1 Å². The lowest BCUT2D eigenvalue weighted by Crippen LogP contribution is -2.34. The average molecular weight is 297 g/mol. The van der Waals surface area contributed by atoms with Gasteiger partial charge in [0.25, 0.3) is 0 Å². The first kappa shape index (κ1) is 13.6. The number of benzene rings is 1. The zero-order valence-corrected chi connectivity index (χ0v) is 12.1. The third-order valence-electron chi connectivity index (χ3n) is 4.40. The van der Waals surface area contributed by atoms with Crippen molar-refractivity contribution in [3.63, 3.8) is 0 Å². The fraction of sp³-hybridized carbons (Fsp3) is 0.533. The van der Waals surface area contributed by atoms with E-state index in [0.29, 0.717) is 42.6 Å². The van der Waals surface area contributed by atoms with Crippen molar-refractivity contribution >= 4 is 17.6 Å². The lowest BCUT2D eigenvalue weighted by atomic mass is 9.76. The van der Waals surface area contributed by atoms with Gasteiger partial charge in [-0.1, -0.05) is 24.4 Å². The Balaban J connectivity index is 2.19. The van der Waals surface area contributed by atoms with Gasteiger partial charge in [-0.3, -0.25) is 4.79 Å². The Labute approximate surface area is 122 Å². The average Bonchev–Trinajstić information content (AvgIpc) is 2.93. The van der Waals surface area contributed by atoms with Crippen LogP contribution in [0.2, 0.25) is 5.02 Å². The standard InChI is InChI=1S/C15H17ClO4/c1-9-10(15(14(17)18)4-2-3-5-15)8-11(16)13-12(9)19-6-7-20-13/h8H,2-7H2,1H3,(H,17,18). The van der Waals surface area contributed by atoms with Crippen LogP contribution in [0, 0.1) is 6.92 Å². The van der Waals surface area contributed by atoms with E-state index in [1.165, 1.54) is 0 Å². The summed E-state index contributed by atoms with van der Waals surface area (Å²) in [5, 5.41) is 10.2. The molecule has 1 aromatic carbocycles. The summed E-state index contributed by atoms with van der Waals surface area (Å²) in [5.41, 5.74) is 0.786. The second-order valence-corrected chi connectivity index (χ2v) is 5.89. The van der Waals surface area contributed by atoms with Crippen LogP contribution in [0.5, 0.6) is 11.5 Å². The molecular formula is C15H17ClO4. The minimum absolute atomic E-state index is 0.438. The highest BCUT2D eigenvalue weighted by Crippen LogP contribution is 2.49. The predicted octanol–water partition coefficient (Wildman–Crippen LogP) is 3.32. The van der Waals surface area contributed by atoms with Gasteiger partial charge in [0.15, 0.2) is 11.5 Å². The van der Waals surface area contributed by atoms with Crippen LogP contribution in [0.15, 0.2) is 6.07 Å². The van der Waals surface area contributed by atoms with Crippen molar-refractivity contribution in [2.24, 2.45) is 0 Å². The van der Waals surface area contributed by atoms with Crippen LogP contribution in [-0.2, 0) is 10.2 Å². The molecule has 1 fully saturated rings. The number of fused-ring (bicyclic) bond motifs is 1. The van der Waals surface area contributed by atoms with Crippen LogP contribution < -0.4 is 9.47 Å². The number of carboxylic acids is 1. The Hall–Kier alpha value is -1.42. The molecule has 1 aliphatic carbocycles. The molecule has 1 saturated carbocycles. The van der Waals surface area contributed by atoms with Crippen molar-refractivity contribution in [3.8, 4) is 11.5 Å². The molecule has 2 aliphatic rings. The predicted molar refractivity (Wildman–Crippen MR) is 75.0 cm³/mol. The molecule has 0 amide bonds. The third kappa shape index (κ3) is 1.85. The lowest BCUT2D eigenvalue weighted by Gasteiger charge is -2.30. The van der Waals surface area contributed by atoms with Gasteiger partial charge in [0.1, 0.15) is 13.2 Å². The summed E-state index contributed by atoms with van der Waals surface area (Å²) in [7, 11) is 0. The quantitative estimate of drug-likeness (QED) is 0.909. The molecule has 3 rings (SSSR count). The molecule has 0 spiro atoms. The molecule has 0 aromatic heterocycles. The fourth-order valence-electron chi connectivity index (χ4n) is 3.37. The largest absolute Gasteiger partial charge is 0.486 e. The zero-order valence-electron chi connectivity index (χ0n) is 11.4. The van der Waals surface area contributed by atoms with Crippen molar-refractivity contribution < 1.29 is 19.4 Å². The van der Waals surface area contributed by atoms with Crippen LogP contribution in [-0.4, -0.2) is 24.3 Å². The normalized spacial score (nSPS) is 19.9. The van der Waals surface area contributed by atoms with Gasteiger partial charge in [-0.15, -0.1) is 0 Å². The second kappa shape index (κ2) is 4.85. The highest BCUT2D eigenvalue weighted by atomic mass is 35.5. The van der Waals surface area contributed by atoms with E-state index in [1.54, 1.807) is 6.07 Å². The Kier molecular flexibility index (Phi) is 3.28. The summed E-state index contributed by atoms with van der Waals surface area (Å²) in [4.78, 5) is 11.8. The van der Waals surface area contributed by atoms with E-state index in [1.807, 2.05) is 6.92 Å². The van der Waals surface area contributed by atoms with Crippen molar-refractivity contribution in [2.75, 3.05) is 13.2 Å². The van der Waals surface area contributed by atoms with Crippen LogP contribution in [0.4, 0.5) is 0 Å². The number of aliphatic carboxylic acids is 1. The second-order valence-electron chi connectivity index (χ2n) is 5.48. The van der Waals surface area contributed by atoms with Crippen LogP contribution >= 0.6 is 11.6 Å². The van der Waals surface area contributed by atoms with Crippen LogP contribution in [0.1, 0.15) is 36.8 Å². The van der Waals surface area contributed by atoms with E-state index in [9.17, 15) is 9.90 Å². The molecule has 1 aromatic rings. The number of hydrogen-bond donors (Lipinski definition) is 1. The van der Waals surface area contributed by atoms with Gasteiger partial charge in [-0.2, -0.15) is 0 Å². The zero-order chi connectivity index (χ0) is 14.3. The third-order valence-corrected chi connectivity index (χ3v) is 4.68. The molecule has 0 bridgehead atoms. The highest BCUT2D eigenvalue weighted by Gasteiger charge is 2.45. The molecule has 0 atom stereocenters. The highest BCUT2D eigenvalue weighted by molar-refractivity contribution is 6.32. The maximum atomic E-state index is 11.8. The summed E-state index contributed by atoms with van der Waals surface area (Å²) in [6.07, 6.45) is 3.16. The number of ether oxygens (including phenoxy) is 2. The summed E-state index contributed by atoms with van der Waals surface area (Å²) >= 11 is 6.27. The lowest BCUT2D eigenvalue weighted by molar-refractivity contribution is -0.143. The first-order valence-corrected chi connectivity index (χ1v) is 7.26. The van der Waals surface area contributed by atoms with E-state index in [0.717, 1.165) is 24.0 Å². The Morgan fingerprint density at radius 3 is 2.45 bits per heavy atom. The van der Waals surface area contributed by atoms with Crippen molar-refractivity contribution in [1.29, 1.82) is 0 Å². The molecule has 4 nitrogen and oxygen atoms in total. The minimum atomic E-state index is -0.830. The molecule has 5 heteroatoms. The maximum Gasteiger partial charge on any atom is 0.314 e. The van der Waals surface area contributed by atoms with E-state index < -0.39 is 11.4 Å². The number of halogens is 1. The van der Waals surface area contributed by atoms with E-state index >= 15 is 0 Å². The molecule has 1 aliphatic heterocycles. The fourth-order valence-corrected chi connectivity index (χ4v) is 3.62. The van der Waals surface area contributed by atoms with Gasteiger partial charge in [0, 0.05) is 0 Å². The maximum absolute atomic E-state index is 11.8.